The zero-order valence-electron chi connectivity index (χ0n) is 14.1. The lowest BCUT2D eigenvalue weighted by Crippen LogP contribution is -2.21. The molecule has 0 amide bonds. The van der Waals surface area contributed by atoms with E-state index in [4.69, 9.17) is 4.74 Å². The minimum Gasteiger partial charge on any atom is -0.462 e. The molecule has 6 nitrogen and oxygen atoms in total. The molecule has 3 aromatic rings. The largest absolute Gasteiger partial charge is 0.462 e. The van der Waals surface area contributed by atoms with Gasteiger partial charge in [0.05, 0.1) is 23.0 Å². The third kappa shape index (κ3) is 2.42. The number of hydrogen-bond acceptors (Lipinski definition) is 4. The number of ether oxygens (including phenoxy) is 1. The Morgan fingerprint density at radius 1 is 1.44 bits per heavy atom. The maximum atomic E-state index is 14.5. The molecule has 0 aliphatic heterocycles. The third-order valence-electron chi connectivity index (χ3n) is 4.53. The van der Waals surface area contributed by atoms with Gasteiger partial charge in [0.2, 0.25) is 5.43 Å². The molecule has 1 saturated carbocycles. The first-order valence-electron chi connectivity index (χ1n) is 8.48. The Kier molecular flexibility index (Phi) is 3.59. The van der Waals surface area contributed by atoms with Crippen LogP contribution in [0.5, 0.6) is 0 Å². The first-order valence-corrected chi connectivity index (χ1v) is 8.48. The molecule has 0 atom stereocenters. The van der Waals surface area contributed by atoms with Crippen molar-refractivity contribution in [2.75, 3.05) is 6.61 Å². The SMILES string of the molecule is CCOC(=O)c1cn(C2CC2)c2c(cc(F)c3nc(CC)[nH]c32)c1=O. The molecule has 7 heteroatoms. The van der Waals surface area contributed by atoms with Crippen LogP contribution in [0.2, 0.25) is 0 Å². The van der Waals surface area contributed by atoms with Crippen LogP contribution in [0.15, 0.2) is 17.1 Å². The van der Waals surface area contributed by atoms with Gasteiger partial charge in [-0.1, -0.05) is 6.92 Å². The van der Waals surface area contributed by atoms with Gasteiger partial charge in [-0.15, -0.1) is 0 Å². The maximum absolute atomic E-state index is 14.5. The predicted molar refractivity (Wildman–Crippen MR) is 91.4 cm³/mol. The molecule has 0 bridgehead atoms. The van der Waals surface area contributed by atoms with Crippen molar-refractivity contribution in [1.29, 1.82) is 0 Å². The van der Waals surface area contributed by atoms with Gasteiger partial charge in [-0.2, -0.15) is 0 Å². The highest BCUT2D eigenvalue weighted by Crippen LogP contribution is 2.38. The van der Waals surface area contributed by atoms with Gasteiger partial charge in [0.15, 0.2) is 5.82 Å². The summed E-state index contributed by atoms with van der Waals surface area (Å²) in [5.41, 5.74) is 0.756. The summed E-state index contributed by atoms with van der Waals surface area (Å²) in [4.78, 5) is 32.4. The maximum Gasteiger partial charge on any atom is 0.343 e. The third-order valence-corrected chi connectivity index (χ3v) is 4.53. The van der Waals surface area contributed by atoms with Crippen LogP contribution in [0.25, 0.3) is 21.9 Å². The van der Waals surface area contributed by atoms with E-state index in [1.54, 1.807) is 13.1 Å². The summed E-state index contributed by atoms with van der Waals surface area (Å²) < 4.78 is 21.4. The lowest BCUT2D eigenvalue weighted by Gasteiger charge is -2.13. The van der Waals surface area contributed by atoms with Gasteiger partial charge in [-0.25, -0.2) is 14.2 Å². The van der Waals surface area contributed by atoms with Crippen LogP contribution in [0.1, 0.15) is 48.9 Å². The molecular formula is C18H18FN3O3. The van der Waals surface area contributed by atoms with Crippen molar-refractivity contribution in [3.05, 3.63) is 39.7 Å². The average molecular weight is 343 g/mol. The van der Waals surface area contributed by atoms with E-state index in [9.17, 15) is 14.0 Å². The van der Waals surface area contributed by atoms with Crippen LogP contribution in [0.3, 0.4) is 0 Å². The molecular weight excluding hydrogens is 325 g/mol. The lowest BCUT2D eigenvalue weighted by atomic mass is 10.1. The van der Waals surface area contributed by atoms with Crippen LogP contribution in [-0.2, 0) is 11.2 Å². The summed E-state index contributed by atoms with van der Waals surface area (Å²) in [6, 6.07) is 1.38. The number of pyridine rings is 1. The van der Waals surface area contributed by atoms with Gasteiger partial charge in [-0.3, -0.25) is 4.79 Å². The van der Waals surface area contributed by atoms with Crippen LogP contribution < -0.4 is 5.43 Å². The Hall–Kier alpha value is -2.70. The van der Waals surface area contributed by atoms with Crippen molar-refractivity contribution in [1.82, 2.24) is 14.5 Å². The Labute approximate surface area is 142 Å². The van der Waals surface area contributed by atoms with Crippen LogP contribution in [-0.4, -0.2) is 27.1 Å². The number of aryl methyl sites for hydroxylation is 1. The monoisotopic (exact) mass is 343 g/mol. The summed E-state index contributed by atoms with van der Waals surface area (Å²) in [6.45, 7) is 3.77. The number of carbonyl (C=O) groups excluding carboxylic acids is 1. The molecule has 0 saturated heterocycles. The van der Waals surface area contributed by atoms with Gasteiger partial charge < -0.3 is 14.3 Å². The number of aromatic nitrogens is 3. The first kappa shape index (κ1) is 15.8. The fourth-order valence-electron chi connectivity index (χ4n) is 3.18. The summed E-state index contributed by atoms with van der Waals surface area (Å²) in [7, 11) is 0. The highest BCUT2D eigenvalue weighted by molar-refractivity contribution is 6.04. The molecule has 25 heavy (non-hydrogen) atoms. The molecule has 1 fully saturated rings. The zero-order valence-corrected chi connectivity index (χ0v) is 14.1. The Balaban J connectivity index is 2.12. The minimum absolute atomic E-state index is 0.0600. The Morgan fingerprint density at radius 2 is 2.20 bits per heavy atom. The minimum atomic E-state index is -0.678. The number of fused-ring (bicyclic) bond motifs is 3. The average Bonchev–Trinajstić information content (AvgIpc) is 3.34. The van der Waals surface area contributed by atoms with Crippen LogP contribution in [0.4, 0.5) is 4.39 Å². The van der Waals surface area contributed by atoms with Gasteiger partial charge >= 0.3 is 5.97 Å². The summed E-state index contributed by atoms with van der Waals surface area (Å²) in [5, 5.41) is 0.175. The van der Waals surface area contributed by atoms with Crippen molar-refractivity contribution in [2.24, 2.45) is 0 Å². The second-order valence-electron chi connectivity index (χ2n) is 6.25. The first-order chi connectivity index (χ1) is 12.0. The van der Waals surface area contributed by atoms with Crippen LogP contribution in [0, 0.1) is 5.82 Å². The second-order valence-corrected chi connectivity index (χ2v) is 6.25. The molecule has 4 rings (SSSR count). The van der Waals surface area contributed by atoms with Crippen molar-refractivity contribution >= 4 is 27.9 Å². The number of esters is 1. The lowest BCUT2D eigenvalue weighted by molar-refractivity contribution is 0.0524. The van der Waals surface area contributed by atoms with E-state index in [1.807, 2.05) is 11.5 Å². The standard InChI is InChI=1S/C18H18FN3O3/c1-3-13-20-14-12(19)7-10-16(15(14)21-13)22(9-5-6-9)8-11(17(10)23)18(24)25-4-2/h7-9H,3-6H2,1-2H3,(H,20,21). The number of aromatic amines is 1. The normalized spacial score (nSPS) is 14.4. The van der Waals surface area contributed by atoms with E-state index >= 15 is 0 Å². The summed E-state index contributed by atoms with van der Waals surface area (Å²) >= 11 is 0. The summed E-state index contributed by atoms with van der Waals surface area (Å²) in [5.74, 6) is -0.590. The quantitative estimate of drug-likeness (QED) is 0.739. The topological polar surface area (TPSA) is 77.0 Å². The van der Waals surface area contributed by atoms with E-state index in [0.29, 0.717) is 23.3 Å². The number of nitrogens with one attached hydrogen (secondary N) is 1. The fraction of sp³-hybridized carbons (Fsp3) is 0.389. The molecule has 130 valence electrons. The van der Waals surface area contributed by atoms with E-state index in [0.717, 1.165) is 12.8 Å². The Bertz CT molecular complexity index is 1060. The number of nitrogens with zero attached hydrogens (tertiary/aromatic N) is 2. The number of benzene rings is 1. The number of halogens is 1. The molecule has 2 aromatic heterocycles. The zero-order chi connectivity index (χ0) is 17.7. The number of rotatable bonds is 4. The molecule has 1 N–H and O–H groups in total. The molecule has 0 spiro atoms. The predicted octanol–water partition coefficient (Wildman–Crippen LogP) is 3.09. The van der Waals surface area contributed by atoms with Gasteiger partial charge in [0.25, 0.3) is 0 Å². The molecule has 1 aromatic carbocycles. The van der Waals surface area contributed by atoms with Crippen molar-refractivity contribution in [3.63, 3.8) is 0 Å². The molecule has 1 aliphatic carbocycles. The molecule has 0 unspecified atom stereocenters. The molecule has 1 aliphatic rings. The van der Waals surface area contributed by atoms with E-state index < -0.39 is 17.2 Å². The molecule has 0 radical (unpaired) electrons. The van der Waals surface area contributed by atoms with Crippen LogP contribution >= 0.6 is 0 Å². The van der Waals surface area contributed by atoms with Crippen molar-refractivity contribution < 1.29 is 13.9 Å². The van der Waals surface area contributed by atoms with Gasteiger partial charge in [0.1, 0.15) is 16.9 Å². The highest BCUT2D eigenvalue weighted by Gasteiger charge is 2.29. The van der Waals surface area contributed by atoms with Crippen molar-refractivity contribution in [3.8, 4) is 0 Å². The van der Waals surface area contributed by atoms with E-state index in [1.165, 1.54) is 6.07 Å². The van der Waals surface area contributed by atoms with E-state index in [-0.39, 0.29) is 29.1 Å². The Morgan fingerprint density at radius 3 is 2.84 bits per heavy atom. The second kappa shape index (κ2) is 5.68. The van der Waals surface area contributed by atoms with Crippen molar-refractivity contribution in [2.45, 2.75) is 39.2 Å². The highest BCUT2D eigenvalue weighted by atomic mass is 19.1. The van der Waals surface area contributed by atoms with E-state index in [2.05, 4.69) is 9.97 Å². The van der Waals surface area contributed by atoms with Gasteiger partial charge in [-0.05, 0) is 25.8 Å². The number of hydrogen-bond donors (Lipinski definition) is 1. The fourth-order valence-corrected chi connectivity index (χ4v) is 3.18. The number of imidazole rings is 1. The number of carbonyl (C=O) groups is 1. The smallest absolute Gasteiger partial charge is 0.343 e. The summed E-state index contributed by atoms with van der Waals surface area (Å²) in [6.07, 6.45) is 4.08. The molecule has 2 heterocycles. The number of H-pyrrole nitrogens is 1. The van der Waals surface area contributed by atoms with Gasteiger partial charge in [0, 0.05) is 18.7 Å².